The van der Waals surface area contributed by atoms with Gasteiger partial charge >= 0.3 is 0 Å². The second kappa shape index (κ2) is 4.14. The van der Waals surface area contributed by atoms with Crippen LogP contribution in [0.25, 0.3) is 20.9 Å². The predicted octanol–water partition coefficient (Wildman–Crippen LogP) is 3.37. The molecule has 0 aliphatic carbocycles. The molecule has 4 heteroatoms. The van der Waals surface area contributed by atoms with Gasteiger partial charge in [-0.1, -0.05) is 0 Å². The fourth-order valence-electron chi connectivity index (χ4n) is 1.63. The van der Waals surface area contributed by atoms with Gasteiger partial charge in [0.1, 0.15) is 10.8 Å². The molecule has 0 spiro atoms. The van der Waals surface area contributed by atoms with E-state index in [-0.39, 0.29) is 0 Å². The van der Waals surface area contributed by atoms with Crippen molar-refractivity contribution in [3.8, 4) is 16.3 Å². The highest BCUT2D eigenvalue weighted by Crippen LogP contribution is 2.29. The van der Waals surface area contributed by atoms with Crippen LogP contribution in [0, 0.1) is 0 Å². The van der Waals surface area contributed by atoms with Crippen molar-refractivity contribution < 1.29 is 4.74 Å². The van der Waals surface area contributed by atoms with E-state index in [2.05, 4.69) is 9.97 Å². The van der Waals surface area contributed by atoms with Crippen molar-refractivity contribution >= 4 is 21.7 Å². The Morgan fingerprint density at radius 3 is 2.65 bits per heavy atom. The minimum absolute atomic E-state index is 0.809. The first-order chi connectivity index (χ1) is 8.36. The van der Waals surface area contributed by atoms with Crippen molar-refractivity contribution in [2.24, 2.45) is 0 Å². The Bertz CT molecular complexity index is 613. The number of rotatable bonds is 2. The Labute approximate surface area is 103 Å². The van der Waals surface area contributed by atoms with Gasteiger partial charge in [-0.05, 0) is 36.4 Å². The lowest BCUT2D eigenvalue weighted by Gasteiger charge is -1.99. The molecule has 0 radical (unpaired) electrons. The zero-order valence-corrected chi connectivity index (χ0v) is 10.1. The van der Waals surface area contributed by atoms with E-state index in [0.29, 0.717) is 0 Å². The monoisotopic (exact) mass is 242 g/mol. The summed E-state index contributed by atoms with van der Waals surface area (Å²) in [5, 5.41) is 0.987. The van der Waals surface area contributed by atoms with Gasteiger partial charge in [-0.2, -0.15) is 0 Å². The second-order valence-electron chi connectivity index (χ2n) is 3.57. The van der Waals surface area contributed by atoms with E-state index in [9.17, 15) is 0 Å². The van der Waals surface area contributed by atoms with Crippen LogP contribution < -0.4 is 4.74 Å². The molecule has 3 nitrogen and oxygen atoms in total. The normalized spacial score (nSPS) is 10.6. The number of hydrogen-bond donors (Lipinski definition) is 0. The first-order valence-corrected chi connectivity index (χ1v) is 6.04. The number of methoxy groups -OCH3 is 1. The number of ether oxygens (including phenoxy) is 1. The highest BCUT2D eigenvalue weighted by Gasteiger charge is 2.06. The molecule has 2 aromatic heterocycles. The van der Waals surface area contributed by atoms with Gasteiger partial charge < -0.3 is 4.74 Å². The molecule has 0 amide bonds. The molecule has 0 atom stereocenters. The van der Waals surface area contributed by atoms with Gasteiger partial charge in [-0.25, -0.2) is 9.97 Å². The minimum atomic E-state index is 0.809. The van der Waals surface area contributed by atoms with Crippen molar-refractivity contribution in [1.82, 2.24) is 9.97 Å². The molecule has 2 heterocycles. The Hall–Kier alpha value is -1.94. The van der Waals surface area contributed by atoms with E-state index in [4.69, 9.17) is 4.74 Å². The van der Waals surface area contributed by atoms with Gasteiger partial charge in [0.2, 0.25) is 0 Å². The lowest BCUT2D eigenvalue weighted by Crippen LogP contribution is -1.82. The molecule has 84 valence electrons. The standard InChI is InChI=1S/C13H10N2OS/c1-16-10-6-4-9(5-7-10)13-15-12-11(17-13)3-2-8-14-12/h2-8H,1H3. The van der Waals surface area contributed by atoms with Crippen molar-refractivity contribution in [1.29, 1.82) is 0 Å². The van der Waals surface area contributed by atoms with Crippen molar-refractivity contribution in [3.63, 3.8) is 0 Å². The molecule has 0 aliphatic rings. The molecule has 3 aromatic rings. The maximum atomic E-state index is 5.13. The van der Waals surface area contributed by atoms with Crippen LogP contribution in [-0.4, -0.2) is 17.1 Å². The largest absolute Gasteiger partial charge is 0.497 e. The highest BCUT2D eigenvalue weighted by atomic mass is 32.1. The number of hydrogen-bond acceptors (Lipinski definition) is 4. The fraction of sp³-hybridized carbons (Fsp3) is 0.0769. The van der Waals surface area contributed by atoms with Crippen LogP contribution >= 0.6 is 11.3 Å². The lowest BCUT2D eigenvalue weighted by atomic mass is 10.2. The maximum Gasteiger partial charge on any atom is 0.170 e. The lowest BCUT2D eigenvalue weighted by molar-refractivity contribution is 0.415. The van der Waals surface area contributed by atoms with Crippen molar-refractivity contribution in [2.75, 3.05) is 7.11 Å². The summed E-state index contributed by atoms with van der Waals surface area (Å²) in [5.74, 6) is 0.855. The molecule has 0 fully saturated rings. The third-order valence-electron chi connectivity index (χ3n) is 2.50. The number of pyridine rings is 1. The maximum absolute atomic E-state index is 5.13. The molecule has 0 saturated heterocycles. The van der Waals surface area contributed by atoms with Crippen LogP contribution in [0.5, 0.6) is 5.75 Å². The molecule has 0 N–H and O–H groups in total. The van der Waals surface area contributed by atoms with E-state index in [0.717, 1.165) is 26.7 Å². The number of thiazole rings is 1. The molecular weight excluding hydrogens is 232 g/mol. The SMILES string of the molecule is COc1ccc(-c2nc3ncccc3s2)cc1. The van der Waals surface area contributed by atoms with E-state index in [1.54, 1.807) is 24.6 Å². The molecule has 0 aliphatic heterocycles. The second-order valence-corrected chi connectivity index (χ2v) is 4.60. The Kier molecular flexibility index (Phi) is 2.49. The van der Waals surface area contributed by atoms with Crippen molar-refractivity contribution in [3.05, 3.63) is 42.6 Å². The van der Waals surface area contributed by atoms with E-state index in [1.165, 1.54) is 0 Å². The molecule has 17 heavy (non-hydrogen) atoms. The van der Waals surface area contributed by atoms with E-state index < -0.39 is 0 Å². The third-order valence-corrected chi connectivity index (χ3v) is 3.56. The summed E-state index contributed by atoms with van der Waals surface area (Å²) in [6.45, 7) is 0. The topological polar surface area (TPSA) is 35.0 Å². The number of fused-ring (bicyclic) bond motifs is 1. The van der Waals surface area contributed by atoms with Gasteiger partial charge in [-0.15, -0.1) is 11.3 Å². The minimum Gasteiger partial charge on any atom is -0.497 e. The van der Waals surface area contributed by atoms with Crippen LogP contribution in [0.15, 0.2) is 42.6 Å². The smallest absolute Gasteiger partial charge is 0.170 e. The van der Waals surface area contributed by atoms with E-state index in [1.807, 2.05) is 36.4 Å². The van der Waals surface area contributed by atoms with Crippen LogP contribution in [0.1, 0.15) is 0 Å². The first-order valence-electron chi connectivity index (χ1n) is 5.23. The van der Waals surface area contributed by atoms with E-state index >= 15 is 0 Å². The van der Waals surface area contributed by atoms with Gasteiger partial charge in [-0.3, -0.25) is 0 Å². The summed E-state index contributed by atoms with van der Waals surface area (Å²) < 4.78 is 6.24. The quantitative estimate of drug-likeness (QED) is 0.691. The van der Waals surface area contributed by atoms with Gasteiger partial charge in [0.05, 0.1) is 11.8 Å². The predicted molar refractivity (Wildman–Crippen MR) is 69.4 cm³/mol. The summed E-state index contributed by atoms with van der Waals surface area (Å²) in [6.07, 6.45) is 1.76. The molecule has 0 bridgehead atoms. The Morgan fingerprint density at radius 2 is 1.94 bits per heavy atom. The molecule has 0 saturated carbocycles. The van der Waals surface area contributed by atoms with Crippen LogP contribution in [0.2, 0.25) is 0 Å². The first kappa shape index (κ1) is 10.2. The Balaban J connectivity index is 2.07. The number of benzene rings is 1. The summed E-state index contributed by atoms with van der Waals surface area (Å²) in [5.41, 5.74) is 1.90. The molecular formula is C13H10N2OS. The van der Waals surface area contributed by atoms with Crippen LogP contribution in [0.3, 0.4) is 0 Å². The summed E-state index contributed by atoms with van der Waals surface area (Å²) in [4.78, 5) is 8.74. The summed E-state index contributed by atoms with van der Waals surface area (Å²) >= 11 is 1.65. The number of aromatic nitrogens is 2. The van der Waals surface area contributed by atoms with Gasteiger partial charge in [0.25, 0.3) is 0 Å². The zero-order chi connectivity index (χ0) is 11.7. The zero-order valence-electron chi connectivity index (χ0n) is 9.25. The molecule has 1 aromatic carbocycles. The molecule has 3 rings (SSSR count). The third kappa shape index (κ3) is 1.87. The average Bonchev–Trinajstić information content (AvgIpc) is 2.82. The number of nitrogens with zero attached hydrogens (tertiary/aromatic N) is 2. The highest BCUT2D eigenvalue weighted by molar-refractivity contribution is 7.21. The van der Waals surface area contributed by atoms with Crippen LogP contribution in [0.4, 0.5) is 0 Å². The average molecular weight is 242 g/mol. The van der Waals surface area contributed by atoms with Crippen molar-refractivity contribution in [2.45, 2.75) is 0 Å². The van der Waals surface area contributed by atoms with Gasteiger partial charge in [0.15, 0.2) is 5.65 Å². The fourth-order valence-corrected chi connectivity index (χ4v) is 2.56. The Morgan fingerprint density at radius 1 is 1.12 bits per heavy atom. The molecule has 0 unspecified atom stereocenters. The summed E-state index contributed by atoms with van der Waals surface area (Å²) in [7, 11) is 1.66. The summed E-state index contributed by atoms with van der Waals surface area (Å²) in [6, 6.07) is 11.9. The van der Waals surface area contributed by atoms with Crippen LogP contribution in [-0.2, 0) is 0 Å². The van der Waals surface area contributed by atoms with Gasteiger partial charge in [0, 0.05) is 11.8 Å².